The first kappa shape index (κ1) is 10.1. The zero-order valence-corrected chi connectivity index (χ0v) is 7.89. The Bertz CT molecular complexity index is 165. The second-order valence-electron chi connectivity index (χ2n) is 3.20. The van der Waals surface area contributed by atoms with Crippen LogP contribution in [0.4, 0.5) is 0 Å². The lowest BCUT2D eigenvalue weighted by atomic mass is 10.1. The first-order chi connectivity index (χ1) is 5.72. The third-order valence-electron chi connectivity index (χ3n) is 2.28. The summed E-state index contributed by atoms with van der Waals surface area (Å²) in [5.41, 5.74) is 5.50. The number of rotatable bonds is 4. The molecule has 72 valence electrons. The van der Waals surface area contributed by atoms with Crippen molar-refractivity contribution in [1.82, 2.24) is 4.90 Å². The lowest BCUT2D eigenvalue weighted by molar-refractivity contribution is 0.343. The van der Waals surface area contributed by atoms with Gasteiger partial charge >= 0.3 is 0 Å². The van der Waals surface area contributed by atoms with E-state index in [4.69, 9.17) is 5.73 Å². The molecule has 2 unspecified atom stereocenters. The molecule has 0 saturated carbocycles. The molecular formula is C7H15N2O2S-. The van der Waals surface area contributed by atoms with Crippen LogP contribution in [-0.4, -0.2) is 45.6 Å². The highest BCUT2D eigenvalue weighted by molar-refractivity contribution is 7.79. The van der Waals surface area contributed by atoms with Gasteiger partial charge in [-0.2, -0.15) is 0 Å². The third-order valence-corrected chi connectivity index (χ3v) is 2.79. The van der Waals surface area contributed by atoms with Crippen molar-refractivity contribution in [3.63, 3.8) is 0 Å². The van der Waals surface area contributed by atoms with Crippen LogP contribution >= 0.6 is 0 Å². The molecule has 5 heteroatoms. The molecule has 1 heterocycles. The quantitative estimate of drug-likeness (QED) is 0.587. The van der Waals surface area contributed by atoms with E-state index in [9.17, 15) is 8.76 Å². The average Bonchev–Trinajstić information content (AvgIpc) is 2.48. The summed E-state index contributed by atoms with van der Waals surface area (Å²) >= 11 is -1.90. The summed E-state index contributed by atoms with van der Waals surface area (Å²) in [5, 5.41) is 0. The van der Waals surface area contributed by atoms with Gasteiger partial charge in [-0.15, -0.1) is 0 Å². The maximum absolute atomic E-state index is 10.3. The summed E-state index contributed by atoms with van der Waals surface area (Å²) in [6.45, 7) is 3.34. The molecule has 0 bridgehead atoms. The Kier molecular flexibility index (Phi) is 4.14. The van der Waals surface area contributed by atoms with Crippen molar-refractivity contribution < 1.29 is 8.76 Å². The van der Waals surface area contributed by atoms with E-state index in [1.54, 1.807) is 0 Å². The van der Waals surface area contributed by atoms with Gasteiger partial charge in [-0.1, -0.05) is 11.1 Å². The molecule has 1 aliphatic rings. The summed E-state index contributed by atoms with van der Waals surface area (Å²) in [7, 11) is 0. The van der Waals surface area contributed by atoms with E-state index in [0.29, 0.717) is 12.5 Å². The maximum atomic E-state index is 10.3. The molecule has 1 saturated heterocycles. The second-order valence-corrected chi connectivity index (χ2v) is 4.21. The standard InChI is InChI=1S/C7H16N2O2S/c8-5-7-1-2-9(6-7)3-4-12(10)11/h7H,1-6,8H2,(H,10,11)/p-1. The van der Waals surface area contributed by atoms with Gasteiger partial charge in [-0.3, -0.25) is 4.21 Å². The Balaban J connectivity index is 2.15. The summed E-state index contributed by atoms with van der Waals surface area (Å²) in [4.78, 5) is 2.16. The van der Waals surface area contributed by atoms with Crippen molar-refractivity contribution in [1.29, 1.82) is 0 Å². The highest BCUT2D eigenvalue weighted by atomic mass is 32.2. The van der Waals surface area contributed by atoms with Crippen LogP contribution in [0.2, 0.25) is 0 Å². The van der Waals surface area contributed by atoms with Crippen molar-refractivity contribution in [2.45, 2.75) is 6.42 Å². The first-order valence-electron chi connectivity index (χ1n) is 4.20. The highest BCUT2D eigenvalue weighted by Crippen LogP contribution is 2.13. The minimum atomic E-state index is -1.90. The summed E-state index contributed by atoms with van der Waals surface area (Å²) in [6, 6.07) is 0. The predicted octanol–water partition coefficient (Wildman–Crippen LogP) is -0.854. The lowest BCUT2D eigenvalue weighted by Crippen LogP contribution is -2.27. The molecule has 0 aromatic heterocycles. The van der Waals surface area contributed by atoms with Crippen LogP contribution < -0.4 is 5.73 Å². The van der Waals surface area contributed by atoms with E-state index in [1.165, 1.54) is 0 Å². The van der Waals surface area contributed by atoms with E-state index >= 15 is 0 Å². The molecule has 0 radical (unpaired) electrons. The van der Waals surface area contributed by atoms with Gasteiger partial charge in [0.05, 0.1) is 0 Å². The monoisotopic (exact) mass is 191 g/mol. The van der Waals surface area contributed by atoms with E-state index in [0.717, 1.165) is 26.1 Å². The molecule has 0 aliphatic carbocycles. The van der Waals surface area contributed by atoms with Gasteiger partial charge in [0, 0.05) is 18.8 Å². The Hall–Kier alpha value is 0.0300. The molecule has 0 spiro atoms. The number of nitrogens with two attached hydrogens (primary N) is 1. The second kappa shape index (κ2) is 4.91. The fourth-order valence-corrected chi connectivity index (χ4v) is 1.92. The Morgan fingerprint density at radius 1 is 1.67 bits per heavy atom. The fraction of sp³-hybridized carbons (Fsp3) is 1.00. The van der Waals surface area contributed by atoms with Gasteiger partial charge in [0.2, 0.25) is 0 Å². The van der Waals surface area contributed by atoms with E-state index in [2.05, 4.69) is 4.90 Å². The Labute approximate surface area is 75.4 Å². The van der Waals surface area contributed by atoms with Gasteiger partial charge in [0.25, 0.3) is 0 Å². The van der Waals surface area contributed by atoms with Crippen molar-refractivity contribution >= 4 is 11.1 Å². The van der Waals surface area contributed by atoms with Crippen molar-refractivity contribution in [2.75, 3.05) is 31.9 Å². The first-order valence-corrected chi connectivity index (χ1v) is 5.45. The van der Waals surface area contributed by atoms with E-state index < -0.39 is 11.1 Å². The zero-order valence-electron chi connectivity index (χ0n) is 7.07. The molecule has 0 amide bonds. The number of hydrogen-bond acceptors (Lipinski definition) is 4. The van der Waals surface area contributed by atoms with Gasteiger partial charge in [-0.05, 0) is 25.4 Å². The zero-order chi connectivity index (χ0) is 8.97. The van der Waals surface area contributed by atoms with Crippen molar-refractivity contribution in [3.8, 4) is 0 Å². The molecule has 1 fully saturated rings. The number of hydrogen-bond donors (Lipinski definition) is 1. The van der Waals surface area contributed by atoms with Gasteiger partial charge in [0.15, 0.2) is 0 Å². The molecule has 2 atom stereocenters. The molecule has 0 aromatic rings. The van der Waals surface area contributed by atoms with Crippen LogP contribution in [0, 0.1) is 5.92 Å². The Morgan fingerprint density at radius 2 is 2.42 bits per heavy atom. The maximum Gasteiger partial charge on any atom is 0.0229 e. The summed E-state index contributed by atoms with van der Waals surface area (Å²) in [6.07, 6.45) is 1.11. The third kappa shape index (κ3) is 3.18. The molecular weight excluding hydrogens is 176 g/mol. The highest BCUT2D eigenvalue weighted by Gasteiger charge is 2.20. The average molecular weight is 191 g/mol. The van der Waals surface area contributed by atoms with Gasteiger partial charge in [0.1, 0.15) is 0 Å². The normalized spacial score (nSPS) is 27.7. The van der Waals surface area contributed by atoms with Gasteiger partial charge < -0.3 is 15.2 Å². The van der Waals surface area contributed by atoms with Crippen molar-refractivity contribution in [3.05, 3.63) is 0 Å². The van der Waals surface area contributed by atoms with Gasteiger partial charge in [-0.25, -0.2) is 0 Å². The van der Waals surface area contributed by atoms with Crippen LogP contribution in [0.3, 0.4) is 0 Å². The van der Waals surface area contributed by atoms with Crippen LogP contribution in [0.15, 0.2) is 0 Å². The smallest absolute Gasteiger partial charge is 0.0229 e. The summed E-state index contributed by atoms with van der Waals surface area (Å²) < 4.78 is 20.5. The van der Waals surface area contributed by atoms with E-state index in [1.807, 2.05) is 0 Å². The molecule has 0 aromatic carbocycles. The van der Waals surface area contributed by atoms with Crippen LogP contribution in [0.5, 0.6) is 0 Å². The number of nitrogens with zero attached hydrogens (tertiary/aromatic N) is 1. The molecule has 12 heavy (non-hydrogen) atoms. The van der Waals surface area contributed by atoms with Crippen molar-refractivity contribution in [2.24, 2.45) is 11.7 Å². The molecule has 2 N–H and O–H groups in total. The van der Waals surface area contributed by atoms with Crippen LogP contribution in [-0.2, 0) is 11.1 Å². The molecule has 1 aliphatic heterocycles. The van der Waals surface area contributed by atoms with Crippen LogP contribution in [0.1, 0.15) is 6.42 Å². The predicted molar refractivity (Wildman–Crippen MR) is 47.4 cm³/mol. The molecule has 1 rings (SSSR count). The largest absolute Gasteiger partial charge is 0.772 e. The lowest BCUT2D eigenvalue weighted by Gasteiger charge is -2.16. The minimum Gasteiger partial charge on any atom is -0.772 e. The molecule has 4 nitrogen and oxygen atoms in total. The Morgan fingerprint density at radius 3 is 2.92 bits per heavy atom. The topological polar surface area (TPSA) is 69.4 Å². The minimum absolute atomic E-state index is 0.247. The number of likely N-dealkylation sites (tertiary alicyclic amines) is 1. The van der Waals surface area contributed by atoms with Crippen LogP contribution in [0.25, 0.3) is 0 Å². The SMILES string of the molecule is NCC1CCN(CCS(=O)[O-])C1. The fourth-order valence-electron chi connectivity index (χ4n) is 1.51. The summed E-state index contributed by atoms with van der Waals surface area (Å²) in [5.74, 6) is 0.821. The van der Waals surface area contributed by atoms with E-state index in [-0.39, 0.29) is 5.75 Å².